The fourth-order valence-corrected chi connectivity index (χ4v) is 4.74. The number of aryl methyl sites for hydroxylation is 1. The van der Waals surface area contributed by atoms with Crippen LogP contribution in [0.15, 0.2) is 65.7 Å². The Morgan fingerprint density at radius 3 is 2.43 bits per heavy atom. The van der Waals surface area contributed by atoms with Crippen LogP contribution in [0.3, 0.4) is 0 Å². The molecule has 0 unspecified atom stereocenters. The second-order valence-corrected chi connectivity index (χ2v) is 9.90. The number of aromatic nitrogens is 2. The highest BCUT2D eigenvalue weighted by atomic mass is 32.2. The predicted octanol–water partition coefficient (Wildman–Crippen LogP) is 3.22. The van der Waals surface area contributed by atoms with Crippen LogP contribution in [0.2, 0.25) is 0 Å². The monoisotopic (exact) mass is 497 g/mol. The summed E-state index contributed by atoms with van der Waals surface area (Å²) in [6.45, 7) is 2.50. The Morgan fingerprint density at radius 2 is 1.77 bits per heavy atom. The minimum absolute atomic E-state index is 0.00442. The van der Waals surface area contributed by atoms with Gasteiger partial charge in [-0.1, -0.05) is 6.07 Å². The topological polar surface area (TPSA) is 121 Å². The molecule has 0 radical (unpaired) electrons. The maximum atomic E-state index is 13.4. The minimum atomic E-state index is -3.88. The fourth-order valence-electron chi connectivity index (χ4n) is 3.79. The van der Waals surface area contributed by atoms with E-state index in [0.717, 1.165) is 0 Å². The molecule has 1 aliphatic rings. The van der Waals surface area contributed by atoms with Crippen molar-refractivity contribution in [1.29, 1.82) is 0 Å². The van der Waals surface area contributed by atoms with Crippen molar-refractivity contribution in [2.24, 2.45) is 5.92 Å². The number of piperidine rings is 1. The molecule has 0 aliphatic carbocycles. The van der Waals surface area contributed by atoms with Gasteiger partial charge in [0.2, 0.25) is 11.9 Å². The van der Waals surface area contributed by atoms with E-state index in [-0.39, 0.29) is 34.1 Å². The molecule has 35 heavy (non-hydrogen) atoms. The molecule has 0 atom stereocenters. The number of amides is 2. The molecule has 0 spiro atoms. The average Bonchev–Trinajstić information content (AvgIpc) is 2.84. The van der Waals surface area contributed by atoms with Gasteiger partial charge in [0.15, 0.2) is 0 Å². The van der Waals surface area contributed by atoms with E-state index in [9.17, 15) is 22.4 Å². The lowest BCUT2D eigenvalue weighted by Gasteiger charge is -2.31. The molecule has 11 heteroatoms. The second kappa shape index (κ2) is 10.2. The highest BCUT2D eigenvalue weighted by Crippen LogP contribution is 2.22. The van der Waals surface area contributed by atoms with E-state index in [1.807, 2.05) is 0 Å². The lowest BCUT2D eigenvalue weighted by atomic mass is 9.95. The Kier molecular flexibility index (Phi) is 7.06. The number of hydrogen-bond donors (Lipinski definition) is 2. The highest BCUT2D eigenvalue weighted by molar-refractivity contribution is 7.92. The van der Waals surface area contributed by atoms with Crippen LogP contribution in [0.5, 0.6) is 0 Å². The van der Waals surface area contributed by atoms with Crippen molar-refractivity contribution in [3.8, 4) is 0 Å². The van der Waals surface area contributed by atoms with Crippen LogP contribution in [0.4, 0.5) is 16.0 Å². The summed E-state index contributed by atoms with van der Waals surface area (Å²) >= 11 is 0. The molecule has 2 amide bonds. The summed E-state index contributed by atoms with van der Waals surface area (Å²) in [5.74, 6) is -1.25. The Bertz CT molecular complexity index is 1340. The van der Waals surface area contributed by atoms with Crippen LogP contribution in [0.25, 0.3) is 0 Å². The number of anilines is 2. The summed E-state index contributed by atoms with van der Waals surface area (Å²) in [6, 6.07) is 13.0. The van der Waals surface area contributed by atoms with E-state index in [2.05, 4.69) is 20.0 Å². The summed E-state index contributed by atoms with van der Waals surface area (Å²) in [7, 11) is -3.88. The van der Waals surface area contributed by atoms with E-state index in [4.69, 9.17) is 0 Å². The number of carbonyl (C=O) groups excluding carboxylic acids is 2. The zero-order chi connectivity index (χ0) is 25.0. The maximum absolute atomic E-state index is 13.4. The number of rotatable bonds is 6. The SMILES string of the molecule is Cc1ccnc(NS(=O)(=O)c2ccc(NC(=O)C3CCN(C(=O)c4cccc(F)c4)CC3)cc2)n1. The summed E-state index contributed by atoms with van der Waals surface area (Å²) in [5, 5.41) is 2.80. The van der Waals surface area contributed by atoms with Crippen molar-refractivity contribution in [3.05, 3.63) is 77.9 Å². The Morgan fingerprint density at radius 1 is 1.06 bits per heavy atom. The van der Waals surface area contributed by atoms with Gasteiger partial charge in [-0.2, -0.15) is 0 Å². The zero-order valence-corrected chi connectivity index (χ0v) is 19.8. The molecule has 3 aromatic rings. The molecule has 2 N–H and O–H groups in total. The quantitative estimate of drug-likeness (QED) is 0.539. The third kappa shape index (κ3) is 5.99. The summed E-state index contributed by atoms with van der Waals surface area (Å²) in [5.41, 5.74) is 1.37. The van der Waals surface area contributed by atoms with Crippen LogP contribution in [-0.4, -0.2) is 48.2 Å². The molecule has 1 saturated heterocycles. The van der Waals surface area contributed by atoms with Crippen LogP contribution in [-0.2, 0) is 14.8 Å². The zero-order valence-electron chi connectivity index (χ0n) is 18.9. The van der Waals surface area contributed by atoms with Crippen molar-refractivity contribution in [2.75, 3.05) is 23.1 Å². The van der Waals surface area contributed by atoms with Crippen LogP contribution in [0.1, 0.15) is 28.9 Å². The summed E-state index contributed by atoms with van der Waals surface area (Å²) in [6.07, 6.45) is 2.40. The van der Waals surface area contributed by atoms with Crippen LogP contribution >= 0.6 is 0 Å². The van der Waals surface area contributed by atoms with Gasteiger partial charge in [0.25, 0.3) is 15.9 Å². The Hall–Kier alpha value is -3.86. The standard InChI is InChI=1S/C24H24FN5O4S/c1-16-9-12-26-24(27-16)29-35(33,34)21-7-5-20(6-8-21)28-22(31)17-10-13-30(14-11-17)23(32)18-3-2-4-19(25)15-18/h2-9,12,15,17H,10-11,13-14H2,1H3,(H,28,31)(H,26,27,29). The number of halogens is 1. The smallest absolute Gasteiger partial charge is 0.264 e. The normalized spacial score (nSPS) is 14.4. The van der Waals surface area contributed by atoms with Crippen molar-refractivity contribution in [3.63, 3.8) is 0 Å². The number of hydrogen-bond acceptors (Lipinski definition) is 6. The van der Waals surface area contributed by atoms with Crippen molar-refractivity contribution >= 4 is 33.5 Å². The van der Waals surface area contributed by atoms with Gasteiger partial charge in [0, 0.05) is 42.1 Å². The first-order valence-electron chi connectivity index (χ1n) is 11.0. The van der Waals surface area contributed by atoms with E-state index in [1.54, 1.807) is 24.0 Å². The van der Waals surface area contributed by atoms with Crippen molar-refractivity contribution in [1.82, 2.24) is 14.9 Å². The predicted molar refractivity (Wildman–Crippen MR) is 128 cm³/mol. The van der Waals surface area contributed by atoms with Gasteiger partial charge in [-0.25, -0.2) is 27.5 Å². The molecule has 1 aliphatic heterocycles. The molecule has 2 aromatic carbocycles. The van der Waals surface area contributed by atoms with Crippen molar-refractivity contribution in [2.45, 2.75) is 24.7 Å². The first-order chi connectivity index (χ1) is 16.7. The first kappa shape index (κ1) is 24.3. The number of sulfonamides is 1. The third-order valence-corrected chi connectivity index (χ3v) is 7.02. The van der Waals surface area contributed by atoms with Gasteiger partial charge in [-0.05, 0) is 68.3 Å². The lowest BCUT2D eigenvalue weighted by molar-refractivity contribution is -0.121. The molecule has 2 heterocycles. The molecule has 0 saturated carbocycles. The second-order valence-electron chi connectivity index (χ2n) is 8.22. The molecule has 182 valence electrons. The van der Waals surface area contributed by atoms with Gasteiger partial charge in [0.1, 0.15) is 5.82 Å². The first-order valence-corrected chi connectivity index (χ1v) is 12.5. The van der Waals surface area contributed by atoms with E-state index in [0.29, 0.717) is 37.3 Å². The molecule has 0 bridgehead atoms. The van der Waals surface area contributed by atoms with Crippen LogP contribution in [0, 0.1) is 18.7 Å². The van der Waals surface area contributed by atoms with Gasteiger partial charge in [0.05, 0.1) is 4.90 Å². The van der Waals surface area contributed by atoms with Gasteiger partial charge in [-0.15, -0.1) is 0 Å². The van der Waals surface area contributed by atoms with E-state index >= 15 is 0 Å². The van der Waals surface area contributed by atoms with E-state index < -0.39 is 15.8 Å². The lowest BCUT2D eigenvalue weighted by Crippen LogP contribution is -2.41. The molecule has 1 fully saturated rings. The molecule has 9 nitrogen and oxygen atoms in total. The summed E-state index contributed by atoms with van der Waals surface area (Å²) < 4.78 is 40.9. The number of benzene rings is 2. The highest BCUT2D eigenvalue weighted by Gasteiger charge is 2.28. The van der Waals surface area contributed by atoms with Crippen LogP contribution < -0.4 is 10.0 Å². The molecular formula is C24H24FN5O4S. The Balaban J connectivity index is 1.32. The Labute approximate surface area is 202 Å². The average molecular weight is 498 g/mol. The van der Waals surface area contributed by atoms with Crippen molar-refractivity contribution < 1.29 is 22.4 Å². The number of nitrogens with one attached hydrogen (secondary N) is 2. The van der Waals surface area contributed by atoms with Gasteiger partial charge in [-0.3, -0.25) is 9.59 Å². The maximum Gasteiger partial charge on any atom is 0.264 e. The van der Waals surface area contributed by atoms with Gasteiger partial charge < -0.3 is 10.2 Å². The molecular weight excluding hydrogens is 473 g/mol. The number of nitrogens with zero attached hydrogens (tertiary/aromatic N) is 3. The number of likely N-dealkylation sites (tertiary alicyclic amines) is 1. The fraction of sp³-hybridized carbons (Fsp3) is 0.250. The van der Waals surface area contributed by atoms with Gasteiger partial charge >= 0.3 is 0 Å². The molecule has 4 rings (SSSR count). The minimum Gasteiger partial charge on any atom is -0.339 e. The summed E-state index contributed by atoms with van der Waals surface area (Å²) in [4.78, 5) is 34.8. The third-order valence-electron chi connectivity index (χ3n) is 5.68. The number of carbonyl (C=O) groups is 2. The molecule has 1 aromatic heterocycles. The van der Waals surface area contributed by atoms with E-state index in [1.165, 1.54) is 48.7 Å². The largest absolute Gasteiger partial charge is 0.339 e.